The maximum Gasteiger partial charge on any atom is 0.0242 e. The normalized spacial score (nSPS) is 8.43. The minimum Gasteiger partial charge on any atom is -0.374 e. The van der Waals surface area contributed by atoms with Crippen molar-refractivity contribution in [2.24, 2.45) is 0 Å². The molecule has 2 rings (SSSR count). The van der Waals surface area contributed by atoms with E-state index in [1.165, 1.54) is 0 Å². The van der Waals surface area contributed by atoms with Gasteiger partial charge < -0.3 is 16.4 Å². The third kappa shape index (κ3) is 4.20. The topological polar surface area (TPSA) is 38.7 Å². The van der Waals surface area contributed by atoms with E-state index in [9.17, 15) is 0 Å². The van der Waals surface area contributed by atoms with Gasteiger partial charge in [0.2, 0.25) is 0 Å². The van der Waals surface area contributed by atoms with E-state index in [-0.39, 0.29) is 32.7 Å². The largest absolute Gasteiger partial charge is 0.374 e. The Morgan fingerprint density at radius 2 is 2.00 bits per heavy atom. The van der Waals surface area contributed by atoms with E-state index in [4.69, 9.17) is 0 Å². The number of hydrogen-bond acceptors (Lipinski definition) is 3. The maximum atomic E-state index is 3.90. The predicted molar refractivity (Wildman–Crippen MR) is 51.8 cm³/mol. The third-order valence-corrected chi connectivity index (χ3v) is 1.26. The Kier molecular flexibility index (Phi) is 7.72. The number of fused-ring (bicyclic) bond motifs is 1. The van der Waals surface area contributed by atoms with Crippen LogP contribution in [0.1, 0.15) is 13.8 Å². The minimum atomic E-state index is 0. The first-order chi connectivity index (χ1) is 6.38. The van der Waals surface area contributed by atoms with Gasteiger partial charge in [0.25, 0.3) is 0 Å². The summed E-state index contributed by atoms with van der Waals surface area (Å²) in [6.07, 6.45) is 9.61. The smallest absolute Gasteiger partial charge is 0.0242 e. The maximum absolute atomic E-state index is 3.90. The molecule has 0 saturated carbocycles. The molecule has 0 aliphatic carbocycles. The summed E-state index contributed by atoms with van der Waals surface area (Å²) in [5, 5.41) is 0.994. The molecule has 2 aromatic rings. The van der Waals surface area contributed by atoms with Crippen LogP contribution in [0.25, 0.3) is 10.9 Å². The summed E-state index contributed by atoms with van der Waals surface area (Å²) in [5.41, 5.74) is 0.831. The number of nitrogens with zero attached hydrogens (tertiary/aromatic N) is 3. The van der Waals surface area contributed by atoms with Crippen LogP contribution in [0.15, 0.2) is 24.7 Å². The number of aromatic nitrogens is 3. The van der Waals surface area contributed by atoms with E-state index in [1.807, 2.05) is 26.3 Å². The van der Waals surface area contributed by atoms with Gasteiger partial charge in [-0.05, 0) is 11.7 Å². The molecule has 0 aliphatic rings. The van der Waals surface area contributed by atoms with Crippen LogP contribution in [0.3, 0.4) is 0 Å². The van der Waals surface area contributed by atoms with E-state index in [0.29, 0.717) is 0 Å². The molecule has 0 aromatic carbocycles. The van der Waals surface area contributed by atoms with Crippen LogP contribution in [0.4, 0.5) is 0 Å². The predicted octanol–water partition coefficient (Wildman–Crippen LogP) is 2.05. The molecule has 14 heavy (non-hydrogen) atoms. The van der Waals surface area contributed by atoms with Gasteiger partial charge in [0.05, 0.1) is 0 Å². The molecule has 0 fully saturated rings. The molecule has 0 spiro atoms. The van der Waals surface area contributed by atoms with Gasteiger partial charge in [0.1, 0.15) is 0 Å². The molecule has 0 amide bonds. The molecular formula is C10H11N3Y-2. The fourth-order valence-electron chi connectivity index (χ4n) is 0.781. The molecule has 4 heteroatoms. The quantitative estimate of drug-likeness (QED) is 0.682. The van der Waals surface area contributed by atoms with Gasteiger partial charge >= 0.3 is 0 Å². The Morgan fingerprint density at radius 1 is 1.29 bits per heavy atom. The average molecular weight is 262 g/mol. The van der Waals surface area contributed by atoms with Gasteiger partial charge in [0.15, 0.2) is 0 Å². The summed E-state index contributed by atoms with van der Waals surface area (Å²) in [5.74, 6) is 0. The van der Waals surface area contributed by atoms with Crippen molar-refractivity contribution in [3.63, 3.8) is 0 Å². The summed E-state index contributed by atoms with van der Waals surface area (Å²) in [6.45, 7) is 4.00. The molecular weight excluding hydrogens is 251 g/mol. The number of pyridine rings is 1. The molecule has 0 aliphatic heterocycles. The summed E-state index contributed by atoms with van der Waals surface area (Å²) in [4.78, 5) is 11.5. The molecule has 0 bridgehead atoms. The fourth-order valence-corrected chi connectivity index (χ4v) is 0.781. The van der Waals surface area contributed by atoms with Crippen molar-refractivity contribution in [1.82, 2.24) is 15.0 Å². The molecule has 2 aromatic heterocycles. The van der Waals surface area contributed by atoms with E-state index >= 15 is 0 Å². The summed E-state index contributed by atoms with van der Waals surface area (Å²) < 4.78 is 0. The summed E-state index contributed by atoms with van der Waals surface area (Å²) >= 11 is 0. The first-order valence-electron chi connectivity index (χ1n) is 4.05. The Morgan fingerprint density at radius 3 is 2.64 bits per heavy atom. The molecule has 1 radical (unpaired) electrons. The molecule has 3 nitrogen and oxygen atoms in total. The van der Waals surface area contributed by atoms with Crippen molar-refractivity contribution >= 4 is 10.9 Å². The zero-order valence-electron chi connectivity index (χ0n) is 8.31. The van der Waals surface area contributed by atoms with Gasteiger partial charge in [-0.1, -0.05) is 17.6 Å². The molecule has 71 valence electrons. The van der Waals surface area contributed by atoms with Crippen molar-refractivity contribution in [2.45, 2.75) is 13.8 Å². The van der Waals surface area contributed by atoms with E-state index in [0.717, 1.165) is 10.9 Å². The Bertz CT molecular complexity index is 300. The molecule has 0 N–H and O–H groups in total. The van der Waals surface area contributed by atoms with E-state index < -0.39 is 0 Å². The second kappa shape index (κ2) is 7.95. The molecule has 0 saturated heterocycles. The fraction of sp³-hybridized carbons (Fsp3) is 0.200. The first kappa shape index (κ1) is 13.6. The molecule has 2 heterocycles. The van der Waals surface area contributed by atoms with Crippen LogP contribution in [0, 0.1) is 12.7 Å². The van der Waals surface area contributed by atoms with Crippen LogP contribution >= 0.6 is 0 Å². The third-order valence-electron chi connectivity index (χ3n) is 1.26. The van der Waals surface area contributed by atoms with Crippen LogP contribution in [-0.4, -0.2) is 15.0 Å². The van der Waals surface area contributed by atoms with Gasteiger partial charge in [-0.15, -0.1) is 0 Å². The van der Waals surface area contributed by atoms with Crippen LogP contribution in [0.5, 0.6) is 0 Å². The summed E-state index contributed by atoms with van der Waals surface area (Å²) in [6, 6.07) is 1.86. The standard InChI is InChI=1S/C7H4N3.C3H7.Y/c1-2-8-4-7-6(1)3-9-5-10-7;1-3-2;/h1-4H;3H,1-2H3;/q2*-1;. The Labute approximate surface area is 109 Å². The van der Waals surface area contributed by atoms with Crippen LogP contribution in [-0.2, 0) is 32.7 Å². The van der Waals surface area contributed by atoms with Crippen molar-refractivity contribution in [1.29, 1.82) is 0 Å². The zero-order chi connectivity index (χ0) is 9.52. The Hall–Kier alpha value is -0.406. The number of hydrogen-bond donors (Lipinski definition) is 0. The van der Waals surface area contributed by atoms with Gasteiger partial charge in [-0.3, -0.25) is 4.98 Å². The van der Waals surface area contributed by atoms with E-state index in [2.05, 4.69) is 21.3 Å². The van der Waals surface area contributed by atoms with Crippen LogP contribution in [0.2, 0.25) is 0 Å². The number of rotatable bonds is 0. The Balaban J connectivity index is 0.000000381. The molecule has 0 atom stereocenters. The monoisotopic (exact) mass is 262 g/mol. The average Bonchev–Trinajstić information content (AvgIpc) is 2.19. The summed E-state index contributed by atoms with van der Waals surface area (Å²) in [7, 11) is 0. The first-order valence-corrected chi connectivity index (χ1v) is 4.05. The van der Waals surface area contributed by atoms with Crippen molar-refractivity contribution in [2.75, 3.05) is 0 Å². The van der Waals surface area contributed by atoms with Crippen molar-refractivity contribution in [3.8, 4) is 0 Å². The van der Waals surface area contributed by atoms with Gasteiger partial charge in [-0.2, -0.15) is 13.8 Å². The van der Waals surface area contributed by atoms with Crippen molar-refractivity contribution in [3.05, 3.63) is 37.4 Å². The van der Waals surface area contributed by atoms with Crippen LogP contribution < -0.4 is 0 Å². The SMILES string of the molecule is C[CH-]C.[Y].[c-]1ncc2ccncc2n1. The van der Waals surface area contributed by atoms with Gasteiger partial charge in [-0.25, -0.2) is 0 Å². The molecule has 0 unspecified atom stereocenters. The van der Waals surface area contributed by atoms with Crippen molar-refractivity contribution < 1.29 is 32.7 Å². The van der Waals surface area contributed by atoms with Gasteiger partial charge in [0, 0.05) is 45.2 Å². The minimum absolute atomic E-state index is 0. The zero-order valence-corrected chi connectivity index (χ0v) is 11.1. The van der Waals surface area contributed by atoms with E-state index in [1.54, 1.807) is 18.6 Å². The second-order valence-corrected chi connectivity index (χ2v) is 2.48. The second-order valence-electron chi connectivity index (χ2n) is 2.48.